The van der Waals surface area contributed by atoms with Crippen molar-refractivity contribution < 1.29 is 15.3 Å². The quantitative estimate of drug-likeness (QED) is 0.552. The minimum atomic E-state index is 1.88. The molecule has 0 saturated heterocycles. The van der Waals surface area contributed by atoms with Crippen molar-refractivity contribution in [2.75, 3.05) is 0 Å². The first-order chi connectivity index (χ1) is 3.50. The van der Waals surface area contributed by atoms with E-state index in [1.807, 2.05) is 24.5 Å². The molecule has 0 amide bonds. The summed E-state index contributed by atoms with van der Waals surface area (Å²) in [6.07, 6.45) is 3.75. The molecule has 0 radical (unpaired) electrons. The molecule has 0 unspecified atom stereocenters. The van der Waals surface area contributed by atoms with Crippen molar-refractivity contribution in [2.45, 2.75) is 0 Å². The van der Waals surface area contributed by atoms with Crippen LogP contribution in [0.25, 0.3) is 0 Å². The fourth-order valence-electron chi connectivity index (χ4n) is 0.278. The van der Waals surface area contributed by atoms with Crippen LogP contribution >= 0.6 is 0 Å². The molecule has 0 aliphatic heterocycles. The number of H-pyrrole nitrogens is 1. The van der Waals surface area contributed by atoms with E-state index in [9.17, 15) is 0 Å². The van der Waals surface area contributed by atoms with Gasteiger partial charge in [-0.2, -0.15) is 0 Å². The maximum Gasteiger partial charge on any atom is 0.000496 e. The van der Waals surface area contributed by atoms with Crippen molar-refractivity contribution >= 4 is 5.46 Å². The van der Waals surface area contributed by atoms with Gasteiger partial charge >= 0.3 is 20.8 Å². The predicted octanol–water partition coefficient (Wildman–Crippen LogP) is 0.980. The second kappa shape index (κ2) is 5.66. The fourth-order valence-corrected chi connectivity index (χ4v) is 0.278. The molecule has 0 aromatic carbocycles. The third-order valence-electron chi connectivity index (χ3n) is 0.496. The Morgan fingerprint density at radius 1 is 1.14 bits per heavy atom. The van der Waals surface area contributed by atoms with Crippen molar-refractivity contribution in [3.8, 4) is 0 Å². The van der Waals surface area contributed by atoms with E-state index >= 15 is 0 Å². The zero-order chi connectivity index (χ0) is 5.54. The maximum atomic E-state index is 3.31. The SMILES string of the molecule is [CH2]=[Co].c1cc[nH]c1. The molecule has 7 heavy (non-hydrogen) atoms. The summed E-state index contributed by atoms with van der Waals surface area (Å²) in [4.78, 5) is 2.86. The van der Waals surface area contributed by atoms with Crippen LogP contribution < -0.4 is 0 Å². The van der Waals surface area contributed by atoms with Gasteiger partial charge in [0.05, 0.1) is 0 Å². The van der Waals surface area contributed by atoms with Crippen LogP contribution in [0.5, 0.6) is 0 Å². The molecule has 1 heterocycles. The molecule has 1 nitrogen and oxygen atoms in total. The average molecular weight is 140 g/mol. The summed E-state index contributed by atoms with van der Waals surface area (Å²) in [6.45, 7) is 0. The van der Waals surface area contributed by atoms with E-state index in [0.29, 0.717) is 0 Å². The summed E-state index contributed by atoms with van der Waals surface area (Å²) in [5.41, 5.74) is 2.94. The van der Waals surface area contributed by atoms with E-state index in [2.05, 4.69) is 25.7 Å². The van der Waals surface area contributed by atoms with Gasteiger partial charge in [0.2, 0.25) is 0 Å². The van der Waals surface area contributed by atoms with E-state index in [-0.39, 0.29) is 0 Å². The Bertz CT molecular complexity index is 75.0. The summed E-state index contributed by atoms with van der Waals surface area (Å²) in [5, 5.41) is 0. The third-order valence-corrected chi connectivity index (χ3v) is 0.496. The molecule has 41 valence electrons. The Labute approximate surface area is 50.9 Å². The van der Waals surface area contributed by atoms with Crippen molar-refractivity contribution in [1.29, 1.82) is 0 Å². The predicted molar refractivity (Wildman–Crippen MR) is 27.9 cm³/mol. The Morgan fingerprint density at radius 3 is 1.71 bits per heavy atom. The monoisotopic (exact) mass is 140 g/mol. The van der Waals surface area contributed by atoms with Gasteiger partial charge in [0, 0.05) is 12.4 Å². The fraction of sp³-hybridized carbons (Fsp3) is 0. The first-order valence-electron chi connectivity index (χ1n) is 1.81. The smallest absolute Gasteiger partial charge is 0.000496 e. The minimum Gasteiger partial charge on any atom is -0.368 e. The van der Waals surface area contributed by atoms with Gasteiger partial charge in [0.1, 0.15) is 0 Å². The van der Waals surface area contributed by atoms with Gasteiger partial charge in [0.15, 0.2) is 0 Å². The van der Waals surface area contributed by atoms with E-state index in [0.717, 1.165) is 0 Å². The van der Waals surface area contributed by atoms with Gasteiger partial charge in [-0.1, -0.05) is 0 Å². The van der Waals surface area contributed by atoms with Crippen LogP contribution in [0, 0.1) is 0 Å². The van der Waals surface area contributed by atoms with Crippen molar-refractivity contribution in [3.63, 3.8) is 0 Å². The molecular weight excluding hydrogens is 133 g/mol. The Kier molecular flexibility index (Phi) is 5.38. The molecule has 1 aromatic rings. The van der Waals surface area contributed by atoms with Crippen molar-refractivity contribution in [2.24, 2.45) is 0 Å². The van der Waals surface area contributed by atoms with E-state index in [4.69, 9.17) is 0 Å². The largest absolute Gasteiger partial charge is 0.368 e. The van der Waals surface area contributed by atoms with Crippen molar-refractivity contribution in [3.05, 3.63) is 24.5 Å². The molecule has 0 saturated carbocycles. The van der Waals surface area contributed by atoms with Gasteiger partial charge in [-0.15, -0.1) is 0 Å². The van der Waals surface area contributed by atoms with Gasteiger partial charge in [0.25, 0.3) is 0 Å². The maximum absolute atomic E-state index is 3.31. The number of rotatable bonds is 0. The average Bonchev–Trinajstić information content (AvgIpc) is 2.23. The first kappa shape index (κ1) is 6.66. The van der Waals surface area contributed by atoms with Crippen LogP contribution in [0.1, 0.15) is 0 Å². The Hall–Kier alpha value is -0.344. The standard InChI is InChI=1S/C4H5N.CH2.Co/c1-2-4-5-3-1;;/h1-5H;1H2;. The Balaban J connectivity index is 0.000000162. The number of hydrogen-bond donors (Lipinski definition) is 1. The molecule has 2 heteroatoms. The molecule has 0 atom stereocenters. The molecule has 0 aliphatic rings. The molecule has 1 rings (SSSR count). The van der Waals surface area contributed by atoms with E-state index < -0.39 is 0 Å². The first-order valence-corrected chi connectivity index (χ1v) is 2.55. The zero-order valence-corrected chi connectivity index (χ0v) is 4.89. The molecule has 1 N–H and O–H groups in total. The number of hydrogen-bond acceptors (Lipinski definition) is 0. The number of aromatic amines is 1. The van der Waals surface area contributed by atoms with Crippen LogP contribution in [0.15, 0.2) is 24.5 Å². The molecule has 0 bridgehead atoms. The molecule has 0 spiro atoms. The number of aromatic nitrogens is 1. The zero-order valence-electron chi connectivity index (χ0n) is 3.85. The van der Waals surface area contributed by atoms with Crippen LogP contribution in [-0.2, 0) is 15.3 Å². The summed E-state index contributed by atoms with van der Waals surface area (Å²) >= 11 is 3.31. The topological polar surface area (TPSA) is 15.8 Å². The van der Waals surface area contributed by atoms with Crippen LogP contribution in [0.4, 0.5) is 0 Å². The van der Waals surface area contributed by atoms with Gasteiger partial charge in [-0.25, -0.2) is 0 Å². The normalized spacial score (nSPS) is 6.43. The van der Waals surface area contributed by atoms with Crippen LogP contribution in [0.3, 0.4) is 0 Å². The van der Waals surface area contributed by atoms with Crippen molar-refractivity contribution in [1.82, 2.24) is 4.98 Å². The number of nitrogens with one attached hydrogen (secondary N) is 1. The molecular formula is C5H7CoN. The minimum absolute atomic E-state index is 1.88. The van der Waals surface area contributed by atoms with E-state index in [1.165, 1.54) is 0 Å². The van der Waals surface area contributed by atoms with E-state index in [1.54, 1.807) is 0 Å². The second-order valence-electron chi connectivity index (χ2n) is 0.885. The van der Waals surface area contributed by atoms with Crippen LogP contribution in [0.2, 0.25) is 0 Å². The van der Waals surface area contributed by atoms with Gasteiger partial charge < -0.3 is 4.98 Å². The molecule has 0 fully saturated rings. The summed E-state index contributed by atoms with van der Waals surface area (Å²) < 4.78 is 0. The Morgan fingerprint density at radius 2 is 1.57 bits per heavy atom. The van der Waals surface area contributed by atoms with Crippen LogP contribution in [-0.4, -0.2) is 10.4 Å². The summed E-state index contributed by atoms with van der Waals surface area (Å²) in [7, 11) is 0. The molecule has 0 aliphatic carbocycles. The third kappa shape index (κ3) is 3.49. The van der Waals surface area contributed by atoms with Gasteiger partial charge in [-0.3, -0.25) is 0 Å². The second-order valence-corrected chi connectivity index (χ2v) is 0.885. The molecule has 1 aromatic heterocycles. The summed E-state index contributed by atoms with van der Waals surface area (Å²) in [5.74, 6) is 0. The van der Waals surface area contributed by atoms with Gasteiger partial charge in [-0.05, 0) is 12.1 Å². The summed E-state index contributed by atoms with van der Waals surface area (Å²) in [6, 6.07) is 3.89.